The summed E-state index contributed by atoms with van der Waals surface area (Å²) in [7, 11) is 0. The van der Waals surface area contributed by atoms with Crippen LogP contribution >= 0.6 is 0 Å². The van der Waals surface area contributed by atoms with E-state index in [0.29, 0.717) is 12.2 Å². The first-order chi connectivity index (χ1) is 11.1. The Hall–Kier alpha value is -2.48. The maximum atomic E-state index is 13.4. The zero-order valence-electron chi connectivity index (χ0n) is 12.3. The molecule has 2 aromatic rings. The fourth-order valence-electron chi connectivity index (χ4n) is 2.41. The Kier molecular flexibility index (Phi) is 4.52. The third kappa shape index (κ3) is 3.48. The lowest BCUT2D eigenvalue weighted by Gasteiger charge is -2.13. The fourth-order valence-corrected chi connectivity index (χ4v) is 2.41. The molecule has 0 unspecified atom stereocenters. The molecule has 0 spiro atoms. The van der Waals surface area contributed by atoms with Crippen LogP contribution in [0.3, 0.4) is 0 Å². The number of hydrogen-bond donors (Lipinski definition) is 3. The molecule has 122 valence electrons. The number of aromatic nitrogens is 2. The average molecular weight is 322 g/mol. The van der Waals surface area contributed by atoms with Crippen LogP contribution in [0.5, 0.6) is 5.75 Å². The predicted octanol–water partition coefficient (Wildman–Crippen LogP) is 1.14. The summed E-state index contributed by atoms with van der Waals surface area (Å²) in [6, 6.07) is 3.07. The highest BCUT2D eigenvalue weighted by Gasteiger charge is 2.21. The Morgan fingerprint density at radius 1 is 1.39 bits per heavy atom. The number of amides is 1. The SMILES string of the molecule is O=C(NCCOc1ccc(F)cc1F)c1n[nH]c2c1CNCC2. The number of nitrogens with one attached hydrogen (secondary N) is 3. The molecule has 1 amide bonds. The van der Waals surface area contributed by atoms with Gasteiger partial charge < -0.3 is 15.4 Å². The lowest BCUT2D eigenvalue weighted by atomic mass is 10.1. The van der Waals surface area contributed by atoms with Gasteiger partial charge in [-0.2, -0.15) is 5.10 Å². The van der Waals surface area contributed by atoms with Crippen molar-refractivity contribution in [2.24, 2.45) is 0 Å². The largest absolute Gasteiger partial charge is 0.489 e. The number of halogens is 2. The molecular weight excluding hydrogens is 306 g/mol. The molecule has 1 aromatic heterocycles. The van der Waals surface area contributed by atoms with Crippen molar-refractivity contribution >= 4 is 5.91 Å². The minimum Gasteiger partial charge on any atom is -0.489 e. The van der Waals surface area contributed by atoms with E-state index in [-0.39, 0.29) is 24.8 Å². The summed E-state index contributed by atoms with van der Waals surface area (Å²) in [4.78, 5) is 12.1. The number of nitrogens with zero attached hydrogens (tertiary/aromatic N) is 1. The van der Waals surface area contributed by atoms with E-state index in [2.05, 4.69) is 20.8 Å². The van der Waals surface area contributed by atoms with Gasteiger partial charge in [0.2, 0.25) is 0 Å². The summed E-state index contributed by atoms with van der Waals surface area (Å²) in [6.07, 6.45) is 0.808. The van der Waals surface area contributed by atoms with Gasteiger partial charge in [-0.1, -0.05) is 0 Å². The Morgan fingerprint density at radius 3 is 3.09 bits per heavy atom. The third-order valence-corrected chi connectivity index (χ3v) is 3.56. The molecule has 6 nitrogen and oxygen atoms in total. The predicted molar refractivity (Wildman–Crippen MR) is 78.2 cm³/mol. The molecule has 0 radical (unpaired) electrons. The van der Waals surface area contributed by atoms with Crippen molar-refractivity contribution in [1.82, 2.24) is 20.8 Å². The summed E-state index contributed by atoms with van der Waals surface area (Å²) >= 11 is 0. The molecule has 1 aromatic carbocycles. The zero-order chi connectivity index (χ0) is 16.2. The van der Waals surface area contributed by atoms with E-state index in [4.69, 9.17) is 4.74 Å². The molecule has 1 aliphatic rings. The highest BCUT2D eigenvalue weighted by Crippen LogP contribution is 2.17. The van der Waals surface area contributed by atoms with Gasteiger partial charge >= 0.3 is 0 Å². The van der Waals surface area contributed by atoms with Crippen molar-refractivity contribution in [2.75, 3.05) is 19.7 Å². The number of carbonyl (C=O) groups is 1. The maximum absolute atomic E-state index is 13.4. The molecule has 0 atom stereocenters. The van der Waals surface area contributed by atoms with Crippen molar-refractivity contribution < 1.29 is 18.3 Å². The highest BCUT2D eigenvalue weighted by molar-refractivity contribution is 5.94. The molecule has 3 rings (SSSR count). The van der Waals surface area contributed by atoms with Crippen LogP contribution in [0.4, 0.5) is 8.78 Å². The molecule has 8 heteroatoms. The van der Waals surface area contributed by atoms with Crippen molar-refractivity contribution in [3.05, 3.63) is 46.8 Å². The Labute approximate surface area is 131 Å². The fraction of sp³-hybridized carbons (Fsp3) is 0.333. The number of carbonyl (C=O) groups excluding carboxylic acids is 1. The van der Waals surface area contributed by atoms with Crippen LogP contribution in [-0.4, -0.2) is 35.8 Å². The second kappa shape index (κ2) is 6.74. The minimum absolute atomic E-state index is 0.0537. The van der Waals surface area contributed by atoms with Gasteiger partial charge in [0, 0.05) is 36.8 Å². The molecule has 1 aliphatic heterocycles. The normalized spacial score (nSPS) is 13.5. The molecule has 0 saturated carbocycles. The lowest BCUT2D eigenvalue weighted by Crippen LogP contribution is -2.31. The molecule has 0 bridgehead atoms. The third-order valence-electron chi connectivity index (χ3n) is 3.56. The van der Waals surface area contributed by atoms with Gasteiger partial charge in [0.05, 0.1) is 6.54 Å². The zero-order valence-corrected chi connectivity index (χ0v) is 12.3. The standard InChI is InChI=1S/C15H16F2N4O2/c16-9-1-2-13(11(17)7-9)23-6-5-19-15(22)14-10-8-18-4-3-12(10)20-21-14/h1-2,7,18H,3-6,8H2,(H,19,22)(H,20,21). The van der Waals surface area contributed by atoms with E-state index in [1.807, 2.05) is 0 Å². The lowest BCUT2D eigenvalue weighted by molar-refractivity contribution is 0.0940. The highest BCUT2D eigenvalue weighted by atomic mass is 19.1. The maximum Gasteiger partial charge on any atom is 0.272 e. The van der Waals surface area contributed by atoms with Gasteiger partial charge in [-0.05, 0) is 12.1 Å². The molecule has 0 fully saturated rings. The topological polar surface area (TPSA) is 79.0 Å². The summed E-state index contributed by atoms with van der Waals surface area (Å²) in [6.45, 7) is 1.71. The average Bonchev–Trinajstić information content (AvgIpc) is 2.97. The van der Waals surface area contributed by atoms with Gasteiger partial charge in [0.25, 0.3) is 5.91 Å². The van der Waals surface area contributed by atoms with Crippen LogP contribution in [0, 0.1) is 11.6 Å². The van der Waals surface area contributed by atoms with Crippen LogP contribution in [0.25, 0.3) is 0 Å². The van der Waals surface area contributed by atoms with Crippen molar-refractivity contribution in [2.45, 2.75) is 13.0 Å². The first-order valence-electron chi connectivity index (χ1n) is 7.28. The van der Waals surface area contributed by atoms with Gasteiger partial charge in [-0.3, -0.25) is 9.89 Å². The van der Waals surface area contributed by atoms with E-state index in [9.17, 15) is 13.6 Å². The molecular formula is C15H16F2N4O2. The number of fused-ring (bicyclic) bond motifs is 1. The molecule has 2 heterocycles. The number of ether oxygens (including phenoxy) is 1. The Morgan fingerprint density at radius 2 is 2.26 bits per heavy atom. The van der Waals surface area contributed by atoms with E-state index >= 15 is 0 Å². The first-order valence-corrected chi connectivity index (χ1v) is 7.28. The molecule has 23 heavy (non-hydrogen) atoms. The molecule has 0 saturated heterocycles. The Bertz CT molecular complexity index is 717. The van der Waals surface area contributed by atoms with Crippen LogP contribution in [0.1, 0.15) is 21.7 Å². The molecule has 0 aliphatic carbocycles. The van der Waals surface area contributed by atoms with E-state index in [1.54, 1.807) is 0 Å². The van der Waals surface area contributed by atoms with E-state index in [1.165, 1.54) is 6.07 Å². The van der Waals surface area contributed by atoms with Crippen molar-refractivity contribution in [3.8, 4) is 5.75 Å². The second-order valence-electron chi connectivity index (χ2n) is 5.14. The van der Waals surface area contributed by atoms with Gasteiger partial charge in [0.1, 0.15) is 12.4 Å². The number of aromatic amines is 1. The van der Waals surface area contributed by atoms with Crippen LogP contribution in [0.2, 0.25) is 0 Å². The number of rotatable bonds is 5. The van der Waals surface area contributed by atoms with E-state index in [0.717, 1.165) is 36.4 Å². The van der Waals surface area contributed by atoms with Crippen molar-refractivity contribution in [3.63, 3.8) is 0 Å². The Balaban J connectivity index is 1.51. The van der Waals surface area contributed by atoms with Gasteiger partial charge in [0.15, 0.2) is 17.3 Å². The second-order valence-corrected chi connectivity index (χ2v) is 5.14. The summed E-state index contributed by atoms with van der Waals surface area (Å²) in [5, 5.41) is 12.8. The molecule has 3 N–H and O–H groups in total. The number of hydrogen-bond acceptors (Lipinski definition) is 4. The van der Waals surface area contributed by atoms with E-state index < -0.39 is 11.6 Å². The quantitative estimate of drug-likeness (QED) is 0.722. The number of benzene rings is 1. The summed E-state index contributed by atoms with van der Waals surface area (Å²) < 4.78 is 31.3. The van der Waals surface area contributed by atoms with Crippen LogP contribution in [-0.2, 0) is 13.0 Å². The van der Waals surface area contributed by atoms with Crippen LogP contribution in [0.15, 0.2) is 18.2 Å². The summed E-state index contributed by atoms with van der Waals surface area (Å²) in [5.41, 5.74) is 2.21. The smallest absolute Gasteiger partial charge is 0.272 e. The van der Waals surface area contributed by atoms with Gasteiger partial charge in [-0.15, -0.1) is 0 Å². The minimum atomic E-state index is -0.774. The number of H-pyrrole nitrogens is 1. The summed E-state index contributed by atoms with van der Waals surface area (Å²) in [5.74, 6) is -1.81. The first kappa shape index (κ1) is 15.4. The van der Waals surface area contributed by atoms with Gasteiger partial charge in [-0.25, -0.2) is 8.78 Å². The van der Waals surface area contributed by atoms with Crippen LogP contribution < -0.4 is 15.4 Å². The monoisotopic (exact) mass is 322 g/mol. The van der Waals surface area contributed by atoms with Crippen molar-refractivity contribution in [1.29, 1.82) is 0 Å².